The molecular weight excluding hydrogens is 234 g/mol. The molecule has 0 fully saturated rings. The monoisotopic (exact) mass is 242 g/mol. The third-order valence-corrected chi connectivity index (χ3v) is 2.63. The minimum atomic E-state index is 1.19. The zero-order valence-electron chi connectivity index (χ0n) is 5.89. The van der Waals surface area contributed by atoms with Crippen molar-refractivity contribution >= 4 is 41.4 Å². The van der Waals surface area contributed by atoms with Crippen LogP contribution in [0.2, 0.25) is 0 Å². The van der Waals surface area contributed by atoms with E-state index >= 15 is 0 Å². The topological polar surface area (TPSA) is 0 Å². The maximum absolute atomic E-state index is 3.70. The van der Waals surface area contributed by atoms with Gasteiger partial charge in [-0.25, -0.2) is 0 Å². The van der Waals surface area contributed by atoms with Gasteiger partial charge in [0.1, 0.15) is 0 Å². The normalized spacial score (nSPS) is 9.00. The fourth-order valence-electron chi connectivity index (χ4n) is 0.795. The van der Waals surface area contributed by atoms with Crippen LogP contribution in [-0.2, 0) is 0 Å². The average Bonchev–Trinajstić information content (AvgIpc) is 1.95. The van der Waals surface area contributed by atoms with Gasteiger partial charge in [-0.3, -0.25) is 0 Å². The average molecular weight is 242 g/mol. The van der Waals surface area contributed by atoms with Gasteiger partial charge in [0.2, 0.25) is 0 Å². The van der Waals surface area contributed by atoms with Crippen LogP contribution in [0.4, 0.5) is 0 Å². The first kappa shape index (κ1) is 7.99. The molecule has 0 N–H and O–H groups in total. The van der Waals surface area contributed by atoms with Gasteiger partial charge in [-0.2, -0.15) is 0 Å². The summed E-state index contributed by atoms with van der Waals surface area (Å²) in [5.41, 5.74) is 2.51. The Balaban J connectivity index is 3.16. The summed E-state index contributed by atoms with van der Waals surface area (Å²) in [5, 5.41) is 0. The Morgan fingerprint density at radius 1 is 1.50 bits per heavy atom. The van der Waals surface area contributed by atoms with Crippen molar-refractivity contribution in [2.45, 2.75) is 6.92 Å². The zero-order chi connectivity index (χ0) is 7.56. The molecule has 0 aliphatic heterocycles. The Morgan fingerprint density at radius 3 is 2.70 bits per heavy atom. The van der Waals surface area contributed by atoms with Gasteiger partial charge < -0.3 is 0 Å². The van der Waals surface area contributed by atoms with Gasteiger partial charge in [0.05, 0.1) is 0 Å². The first-order chi connectivity index (χ1) is 4.74. The molecule has 10 heavy (non-hydrogen) atoms. The molecule has 0 spiro atoms. The second-order valence-corrected chi connectivity index (χ2v) is 3.37. The van der Waals surface area contributed by atoms with Crippen LogP contribution >= 0.6 is 22.6 Å². The SMILES string of the molecule is C=Bc1ccc(I)c(C)c1. The number of aryl methyl sites for hydroxylation is 1. The molecule has 1 aromatic carbocycles. The standard InChI is InChI=1S/C8H8BI/c1-6-5-7(9-2)3-4-8(6)10/h3-5H,2H2,1H3. The van der Waals surface area contributed by atoms with Crippen molar-refractivity contribution in [1.29, 1.82) is 0 Å². The summed E-state index contributed by atoms with van der Waals surface area (Å²) in [6.45, 7) is 7.67. The first-order valence-corrected chi connectivity index (χ1v) is 4.20. The third-order valence-electron chi connectivity index (χ3n) is 1.42. The number of halogens is 1. The first-order valence-electron chi connectivity index (χ1n) is 3.12. The van der Waals surface area contributed by atoms with Gasteiger partial charge >= 0.3 is 75.7 Å². The van der Waals surface area contributed by atoms with Crippen molar-refractivity contribution in [1.82, 2.24) is 0 Å². The van der Waals surface area contributed by atoms with E-state index in [9.17, 15) is 0 Å². The Bertz CT molecular complexity index is 255. The van der Waals surface area contributed by atoms with E-state index in [0.29, 0.717) is 0 Å². The molecule has 50 valence electrons. The second-order valence-electron chi connectivity index (χ2n) is 2.21. The Labute approximate surface area is 75.7 Å². The molecule has 0 aromatic heterocycles. The molecule has 0 saturated carbocycles. The molecule has 0 saturated heterocycles. The molecule has 0 bridgehead atoms. The van der Waals surface area contributed by atoms with E-state index < -0.39 is 0 Å². The molecule has 0 heterocycles. The molecule has 0 nitrogen and oxygen atoms in total. The molecule has 0 aliphatic rings. The molecule has 0 atom stereocenters. The van der Waals surface area contributed by atoms with E-state index in [2.05, 4.69) is 54.2 Å². The van der Waals surface area contributed by atoms with Crippen LogP contribution < -0.4 is 5.46 Å². The summed E-state index contributed by atoms with van der Waals surface area (Å²) in [5.74, 6) is 0. The van der Waals surface area contributed by atoms with Crippen LogP contribution in [0.1, 0.15) is 5.56 Å². The molecule has 2 heteroatoms. The van der Waals surface area contributed by atoms with E-state index in [0.717, 1.165) is 0 Å². The molecule has 1 rings (SSSR count). The van der Waals surface area contributed by atoms with Crippen LogP contribution in [-0.4, -0.2) is 13.4 Å². The summed E-state index contributed by atoms with van der Waals surface area (Å²) >= 11 is 2.32. The molecular formula is C8H8BI. The predicted molar refractivity (Wildman–Crippen MR) is 56.4 cm³/mol. The van der Waals surface area contributed by atoms with Crippen molar-refractivity contribution in [2.75, 3.05) is 0 Å². The quantitative estimate of drug-likeness (QED) is 0.515. The zero-order valence-corrected chi connectivity index (χ0v) is 8.05. The Kier molecular flexibility index (Phi) is 2.66. The molecule has 1 aromatic rings. The predicted octanol–water partition coefficient (Wildman–Crippen LogP) is 1.36. The number of rotatable bonds is 1. The van der Waals surface area contributed by atoms with E-state index in [-0.39, 0.29) is 0 Å². The van der Waals surface area contributed by atoms with E-state index in [1.165, 1.54) is 14.6 Å². The fraction of sp³-hybridized carbons (Fsp3) is 0.125. The van der Waals surface area contributed by atoms with Crippen molar-refractivity contribution in [3.63, 3.8) is 0 Å². The molecule has 0 amide bonds. The molecule has 0 aliphatic carbocycles. The van der Waals surface area contributed by atoms with Crippen LogP contribution in [0, 0.1) is 10.5 Å². The van der Waals surface area contributed by atoms with E-state index in [4.69, 9.17) is 0 Å². The number of benzene rings is 1. The summed E-state index contributed by atoms with van der Waals surface area (Å²) in [6.07, 6.45) is 0. The van der Waals surface area contributed by atoms with Crippen molar-refractivity contribution in [3.8, 4) is 0 Å². The van der Waals surface area contributed by atoms with Crippen molar-refractivity contribution < 1.29 is 0 Å². The maximum atomic E-state index is 3.70. The molecule has 0 unspecified atom stereocenters. The Morgan fingerprint density at radius 2 is 2.20 bits per heavy atom. The fourth-order valence-corrected chi connectivity index (χ4v) is 1.13. The van der Waals surface area contributed by atoms with Gasteiger partial charge in [-0.05, 0) is 0 Å². The second kappa shape index (κ2) is 3.33. The van der Waals surface area contributed by atoms with Crippen molar-refractivity contribution in [3.05, 3.63) is 27.3 Å². The summed E-state index contributed by atoms with van der Waals surface area (Å²) in [7, 11) is 0. The van der Waals surface area contributed by atoms with Crippen LogP contribution in [0.3, 0.4) is 0 Å². The number of hydrogen-bond acceptors (Lipinski definition) is 0. The summed E-state index contributed by atoms with van der Waals surface area (Å²) in [4.78, 5) is 0. The molecule has 0 radical (unpaired) electrons. The number of hydrogen-bond donors (Lipinski definition) is 0. The summed E-state index contributed by atoms with van der Waals surface area (Å²) in [6, 6.07) is 6.31. The minimum absolute atomic E-state index is 1.19. The van der Waals surface area contributed by atoms with Gasteiger partial charge in [-0.1, -0.05) is 0 Å². The van der Waals surface area contributed by atoms with Crippen LogP contribution in [0.15, 0.2) is 18.2 Å². The van der Waals surface area contributed by atoms with Gasteiger partial charge in [0, 0.05) is 0 Å². The van der Waals surface area contributed by atoms with Gasteiger partial charge in [-0.15, -0.1) is 0 Å². The van der Waals surface area contributed by atoms with E-state index in [1.807, 2.05) is 6.92 Å². The summed E-state index contributed by atoms with van der Waals surface area (Å²) < 4.78 is 1.31. The van der Waals surface area contributed by atoms with Gasteiger partial charge in [0.15, 0.2) is 0 Å². The third kappa shape index (κ3) is 1.69. The van der Waals surface area contributed by atoms with Crippen LogP contribution in [0.5, 0.6) is 0 Å². The van der Waals surface area contributed by atoms with Gasteiger partial charge in [0.25, 0.3) is 0 Å². The van der Waals surface area contributed by atoms with E-state index in [1.54, 1.807) is 0 Å². The van der Waals surface area contributed by atoms with Crippen molar-refractivity contribution in [2.24, 2.45) is 0 Å². The Hall–Kier alpha value is -0.115. The van der Waals surface area contributed by atoms with Crippen LogP contribution in [0.25, 0.3) is 0 Å².